The summed E-state index contributed by atoms with van der Waals surface area (Å²) in [6.07, 6.45) is 16.3. The summed E-state index contributed by atoms with van der Waals surface area (Å²) in [4.78, 5) is 39.0. The third-order valence-corrected chi connectivity index (χ3v) is 11.5. The highest BCUT2D eigenvalue weighted by Gasteiger charge is 2.65. The quantitative estimate of drug-likeness (QED) is 0.223. The van der Waals surface area contributed by atoms with Gasteiger partial charge in [-0.2, -0.15) is 0 Å². The Hall–Kier alpha value is -3.03. The predicted octanol–water partition coefficient (Wildman–Crippen LogP) is 5.16. The number of hydrogen-bond acceptors (Lipinski definition) is 8. The monoisotopic (exact) mass is 548 g/mol. The summed E-state index contributed by atoms with van der Waals surface area (Å²) in [6, 6.07) is 0. The molecule has 9 fully saturated rings. The molecule has 2 spiro atoms. The Morgan fingerprint density at radius 2 is 1.10 bits per heavy atom. The van der Waals surface area contributed by atoms with Gasteiger partial charge in [0.25, 0.3) is 17.5 Å². The zero-order chi connectivity index (χ0) is 27.4. The number of ether oxygens (including phenoxy) is 4. The molecule has 8 saturated carbocycles. The van der Waals surface area contributed by atoms with Gasteiger partial charge in [-0.05, 0) is 107 Å². The lowest BCUT2D eigenvalue weighted by molar-refractivity contribution is -0.325. The predicted molar refractivity (Wildman–Crippen MR) is 140 cm³/mol. The van der Waals surface area contributed by atoms with Gasteiger partial charge in [-0.15, -0.1) is 0 Å². The molecule has 1 N–H and O–H groups in total. The number of rotatable bonds is 3. The van der Waals surface area contributed by atoms with E-state index in [9.17, 15) is 19.5 Å². The molecule has 40 heavy (non-hydrogen) atoms. The molecule has 0 radical (unpaired) electrons. The van der Waals surface area contributed by atoms with Gasteiger partial charge >= 0.3 is 17.9 Å². The van der Waals surface area contributed by atoms with Crippen molar-refractivity contribution in [1.82, 2.24) is 0 Å². The van der Waals surface area contributed by atoms with Crippen molar-refractivity contribution in [2.24, 2.45) is 47.3 Å². The molecular formula is C32H36O8. The third-order valence-electron chi connectivity index (χ3n) is 11.5. The van der Waals surface area contributed by atoms with Crippen molar-refractivity contribution in [3.63, 3.8) is 0 Å². The van der Waals surface area contributed by atoms with E-state index in [1.165, 1.54) is 25.0 Å². The minimum absolute atomic E-state index is 0.0415. The molecule has 0 unspecified atom stereocenters. The Balaban J connectivity index is 0.973. The lowest BCUT2D eigenvalue weighted by atomic mass is 9.53. The van der Waals surface area contributed by atoms with Gasteiger partial charge in [0, 0.05) is 23.7 Å². The molecule has 2 heterocycles. The summed E-state index contributed by atoms with van der Waals surface area (Å²) in [7, 11) is 0. The Labute approximate surface area is 233 Å². The minimum atomic E-state index is -1.10. The van der Waals surface area contributed by atoms with Crippen LogP contribution in [0.25, 0.3) is 0 Å². The first-order valence-corrected chi connectivity index (χ1v) is 15.1. The molecule has 0 atom stereocenters. The molecule has 0 amide bonds. The molecule has 8 nitrogen and oxygen atoms in total. The van der Waals surface area contributed by atoms with E-state index >= 15 is 0 Å². The highest BCUT2D eigenvalue weighted by atomic mass is 16.8. The summed E-state index contributed by atoms with van der Waals surface area (Å²) in [5.41, 5.74) is 0.463. The van der Waals surface area contributed by atoms with Crippen LogP contribution in [0.15, 0.2) is 47.0 Å². The Morgan fingerprint density at radius 3 is 1.55 bits per heavy atom. The molecule has 8 heteroatoms. The maximum atomic E-state index is 13.0. The average Bonchev–Trinajstić information content (AvgIpc) is 2.89. The molecule has 10 rings (SSSR count). The van der Waals surface area contributed by atoms with Crippen LogP contribution in [0, 0.1) is 47.3 Å². The molecule has 8 bridgehead atoms. The van der Waals surface area contributed by atoms with Gasteiger partial charge in [0.2, 0.25) is 0 Å². The number of carbonyl (C=O) groups excluding carboxylic acids is 3. The van der Waals surface area contributed by atoms with E-state index in [0.29, 0.717) is 29.2 Å². The molecule has 10 aliphatic rings. The van der Waals surface area contributed by atoms with Crippen LogP contribution in [0.4, 0.5) is 0 Å². The fraction of sp³-hybridized carbons (Fsp3) is 0.656. The average molecular weight is 549 g/mol. The van der Waals surface area contributed by atoms with Crippen LogP contribution in [-0.4, -0.2) is 34.6 Å². The largest absolute Gasteiger partial charge is 0.480 e. The second-order valence-electron chi connectivity index (χ2n) is 13.9. The van der Waals surface area contributed by atoms with E-state index in [2.05, 4.69) is 0 Å². The highest BCUT2D eigenvalue weighted by molar-refractivity contribution is 6.15. The van der Waals surface area contributed by atoms with Gasteiger partial charge in [-0.1, -0.05) is 17.7 Å². The van der Waals surface area contributed by atoms with E-state index in [-0.39, 0.29) is 34.8 Å². The number of hydrogen-bond donors (Lipinski definition) is 1. The maximum absolute atomic E-state index is 13.0. The van der Waals surface area contributed by atoms with E-state index < -0.39 is 35.4 Å². The normalized spacial score (nSPS) is 46.8. The first-order valence-electron chi connectivity index (χ1n) is 15.1. The van der Waals surface area contributed by atoms with E-state index in [1.54, 1.807) is 19.1 Å². The van der Waals surface area contributed by atoms with Crippen molar-refractivity contribution in [3.05, 3.63) is 47.0 Å². The Kier molecular flexibility index (Phi) is 5.25. The van der Waals surface area contributed by atoms with E-state index in [4.69, 9.17) is 18.9 Å². The molecule has 8 aliphatic carbocycles. The maximum Gasteiger partial charge on any atom is 0.348 e. The van der Waals surface area contributed by atoms with Crippen molar-refractivity contribution in [2.75, 3.05) is 0 Å². The van der Waals surface area contributed by atoms with Crippen LogP contribution in [0.3, 0.4) is 0 Å². The topological polar surface area (TPSA) is 108 Å². The number of aliphatic hydroxyl groups is 1. The van der Waals surface area contributed by atoms with Crippen molar-refractivity contribution < 1.29 is 38.4 Å². The molecule has 0 aromatic heterocycles. The number of allylic oxidation sites excluding steroid dienone is 4. The molecule has 0 aromatic carbocycles. The Morgan fingerprint density at radius 1 is 0.675 bits per heavy atom. The summed E-state index contributed by atoms with van der Waals surface area (Å²) in [5, 5.41) is 10.8. The SMILES string of the molecule is CC(/C=C/C1=C(O)OC2(OC1=O)C1CC3CC(C1)CC2C3)=C\C=C1C(=O)OC2(OC1=O)C1CC3CC(C1)CC2C3. The molecule has 0 aromatic rings. The van der Waals surface area contributed by atoms with Crippen LogP contribution in [0.1, 0.15) is 71.1 Å². The smallest absolute Gasteiger partial charge is 0.348 e. The van der Waals surface area contributed by atoms with Crippen LogP contribution in [-0.2, 0) is 33.3 Å². The second-order valence-corrected chi connectivity index (χ2v) is 13.9. The van der Waals surface area contributed by atoms with E-state index in [1.807, 2.05) is 0 Å². The summed E-state index contributed by atoms with van der Waals surface area (Å²) in [5.74, 6) is -1.32. The van der Waals surface area contributed by atoms with Crippen LogP contribution in [0.2, 0.25) is 0 Å². The van der Waals surface area contributed by atoms with Crippen LogP contribution in [0.5, 0.6) is 0 Å². The van der Waals surface area contributed by atoms with Crippen molar-refractivity contribution in [1.29, 1.82) is 0 Å². The van der Waals surface area contributed by atoms with E-state index in [0.717, 1.165) is 51.4 Å². The van der Waals surface area contributed by atoms with Crippen molar-refractivity contribution >= 4 is 17.9 Å². The van der Waals surface area contributed by atoms with Gasteiger partial charge in [0.15, 0.2) is 0 Å². The van der Waals surface area contributed by atoms with Gasteiger partial charge in [0.1, 0.15) is 11.1 Å². The number of aliphatic hydroxyl groups excluding tert-OH is 1. The van der Waals surface area contributed by atoms with Crippen molar-refractivity contribution in [2.45, 2.75) is 82.7 Å². The van der Waals surface area contributed by atoms with Gasteiger partial charge in [-0.25, -0.2) is 14.4 Å². The molecule has 212 valence electrons. The highest BCUT2D eigenvalue weighted by Crippen LogP contribution is 2.62. The zero-order valence-corrected chi connectivity index (χ0v) is 22.8. The van der Waals surface area contributed by atoms with Crippen LogP contribution >= 0.6 is 0 Å². The summed E-state index contributed by atoms with van der Waals surface area (Å²) in [6.45, 7) is 1.76. The first-order chi connectivity index (χ1) is 19.2. The molecule has 2 aliphatic heterocycles. The fourth-order valence-corrected chi connectivity index (χ4v) is 10.1. The summed E-state index contributed by atoms with van der Waals surface area (Å²) >= 11 is 0. The molecular weight excluding hydrogens is 512 g/mol. The standard InChI is InChI=1S/C32H36O8/c1-16(2-4-25-27(33)37-31(38-28(25)34)21-8-17-6-18(10-21)11-22(31)9-17)3-5-26-29(35)39-32(40-30(26)36)23-12-19-7-20(14-23)15-24(32)13-19/h2-5,17-24,33H,6-15H2,1H3/b4-2+,16-3+,26-5?. The molecule has 1 saturated heterocycles. The van der Waals surface area contributed by atoms with Gasteiger partial charge in [-0.3, -0.25) is 0 Å². The fourth-order valence-electron chi connectivity index (χ4n) is 10.1. The van der Waals surface area contributed by atoms with Gasteiger partial charge in [0.05, 0.1) is 0 Å². The lowest BCUT2D eigenvalue weighted by Gasteiger charge is -2.59. The summed E-state index contributed by atoms with van der Waals surface area (Å²) < 4.78 is 23.8. The number of esters is 3. The zero-order valence-electron chi connectivity index (χ0n) is 22.8. The number of carbonyl (C=O) groups is 3. The van der Waals surface area contributed by atoms with Gasteiger partial charge < -0.3 is 24.1 Å². The first kappa shape index (κ1) is 24.7. The van der Waals surface area contributed by atoms with Crippen molar-refractivity contribution in [3.8, 4) is 0 Å². The minimum Gasteiger partial charge on any atom is -0.480 e. The Bertz CT molecular complexity index is 1240. The lowest BCUT2D eigenvalue weighted by Crippen LogP contribution is -2.63. The van der Waals surface area contributed by atoms with Crippen LogP contribution < -0.4 is 0 Å². The second kappa shape index (κ2) is 8.49. The third kappa shape index (κ3) is 3.53.